The van der Waals surface area contributed by atoms with Gasteiger partial charge in [0.2, 0.25) is 0 Å². The zero-order valence-corrected chi connectivity index (χ0v) is 19.5. The van der Waals surface area contributed by atoms with Crippen molar-refractivity contribution in [1.82, 2.24) is 9.97 Å². The van der Waals surface area contributed by atoms with Gasteiger partial charge in [-0.2, -0.15) is 0 Å². The summed E-state index contributed by atoms with van der Waals surface area (Å²) in [6, 6.07) is 30.9. The minimum absolute atomic E-state index is 0.608. The number of hydrogen-bond acceptors (Lipinski definition) is 2. The van der Waals surface area contributed by atoms with E-state index in [-0.39, 0.29) is 0 Å². The van der Waals surface area contributed by atoms with Crippen LogP contribution in [-0.2, 0) is 0 Å². The fourth-order valence-corrected chi connectivity index (χ4v) is 5.98. The van der Waals surface area contributed by atoms with Crippen LogP contribution in [0.3, 0.4) is 0 Å². The molecular weight excluding hydrogens is 412 g/mol. The Morgan fingerprint density at radius 3 is 2.06 bits per heavy atom. The lowest BCUT2D eigenvalue weighted by molar-refractivity contribution is 0.768. The molecular formula is C32H26N2. The van der Waals surface area contributed by atoms with E-state index in [0.29, 0.717) is 5.92 Å². The Labute approximate surface area is 199 Å². The number of rotatable bonds is 4. The lowest BCUT2D eigenvalue weighted by Gasteiger charge is -2.21. The summed E-state index contributed by atoms with van der Waals surface area (Å²) in [6.45, 7) is 4.33. The van der Waals surface area contributed by atoms with Gasteiger partial charge in [-0.1, -0.05) is 80.1 Å². The molecule has 2 unspecified atom stereocenters. The van der Waals surface area contributed by atoms with Crippen LogP contribution in [0.2, 0.25) is 0 Å². The van der Waals surface area contributed by atoms with Gasteiger partial charge in [0, 0.05) is 10.8 Å². The zero-order chi connectivity index (χ0) is 22.8. The average molecular weight is 439 g/mol. The molecule has 7 rings (SSSR count). The van der Waals surface area contributed by atoms with Crippen molar-refractivity contribution in [1.29, 1.82) is 0 Å². The highest BCUT2D eigenvalue weighted by molar-refractivity contribution is 6.28. The fraction of sp³-hybridized carbons (Fsp3) is 0.188. The Balaban J connectivity index is 1.71. The van der Waals surface area contributed by atoms with Gasteiger partial charge in [0.15, 0.2) is 0 Å². The molecule has 1 aromatic heterocycles. The topological polar surface area (TPSA) is 25.8 Å². The first kappa shape index (κ1) is 19.7. The van der Waals surface area contributed by atoms with Crippen LogP contribution in [0.4, 0.5) is 0 Å². The van der Waals surface area contributed by atoms with Crippen molar-refractivity contribution in [2.24, 2.45) is 5.92 Å². The third-order valence-electron chi connectivity index (χ3n) is 7.70. The number of hydrogen-bond donors (Lipinski definition) is 0. The molecule has 1 fully saturated rings. The average Bonchev–Trinajstić information content (AvgIpc) is 3.67. The quantitative estimate of drug-likeness (QED) is 0.258. The van der Waals surface area contributed by atoms with Gasteiger partial charge in [-0.15, -0.1) is 0 Å². The van der Waals surface area contributed by atoms with Crippen LogP contribution in [0.15, 0.2) is 84.9 Å². The molecule has 34 heavy (non-hydrogen) atoms. The molecule has 0 aliphatic heterocycles. The molecule has 1 heterocycles. The zero-order valence-electron chi connectivity index (χ0n) is 19.5. The van der Waals surface area contributed by atoms with Gasteiger partial charge in [-0.25, -0.2) is 9.97 Å². The third-order valence-corrected chi connectivity index (χ3v) is 7.70. The maximum absolute atomic E-state index is 4.94. The Hall–Kier alpha value is -3.78. The summed E-state index contributed by atoms with van der Waals surface area (Å²) in [5.74, 6) is 2.21. The maximum Gasteiger partial charge on any atom is 0.126 e. The molecule has 0 radical (unpaired) electrons. The molecule has 164 valence electrons. The Morgan fingerprint density at radius 2 is 1.38 bits per heavy atom. The van der Waals surface area contributed by atoms with Crippen molar-refractivity contribution in [3.63, 3.8) is 0 Å². The molecule has 0 bridgehead atoms. The molecule has 2 nitrogen and oxygen atoms in total. The largest absolute Gasteiger partial charge is 0.233 e. The van der Waals surface area contributed by atoms with Gasteiger partial charge in [0.05, 0.1) is 11.0 Å². The van der Waals surface area contributed by atoms with Gasteiger partial charge in [-0.3, -0.25) is 0 Å². The smallest absolute Gasteiger partial charge is 0.126 e. The fourth-order valence-electron chi connectivity index (χ4n) is 5.98. The van der Waals surface area contributed by atoms with Gasteiger partial charge >= 0.3 is 0 Å². The number of aryl methyl sites for hydroxylation is 1. The van der Waals surface area contributed by atoms with Crippen LogP contribution >= 0.6 is 0 Å². The van der Waals surface area contributed by atoms with Gasteiger partial charge < -0.3 is 0 Å². The highest BCUT2D eigenvalue weighted by Gasteiger charge is 2.39. The first-order valence-corrected chi connectivity index (χ1v) is 12.3. The summed E-state index contributed by atoms with van der Waals surface area (Å²) in [5.41, 5.74) is 8.70. The normalized spacial score (nSPS) is 17.7. The van der Waals surface area contributed by atoms with Gasteiger partial charge in [0.25, 0.3) is 0 Å². The molecule has 2 atom stereocenters. The van der Waals surface area contributed by atoms with E-state index in [1.54, 1.807) is 0 Å². The second-order valence-electron chi connectivity index (χ2n) is 9.73. The predicted octanol–water partition coefficient (Wildman–Crippen LogP) is 8.53. The predicted molar refractivity (Wildman–Crippen MR) is 142 cm³/mol. The summed E-state index contributed by atoms with van der Waals surface area (Å²) >= 11 is 0. The van der Waals surface area contributed by atoms with E-state index < -0.39 is 0 Å². The van der Waals surface area contributed by atoms with Gasteiger partial charge in [0.1, 0.15) is 5.82 Å². The lowest BCUT2D eigenvalue weighted by Crippen LogP contribution is -1.99. The van der Waals surface area contributed by atoms with Crippen LogP contribution in [0, 0.1) is 12.8 Å². The van der Waals surface area contributed by atoms with E-state index in [4.69, 9.17) is 9.97 Å². The third kappa shape index (κ3) is 2.88. The van der Waals surface area contributed by atoms with Crippen molar-refractivity contribution < 1.29 is 0 Å². The Morgan fingerprint density at radius 1 is 0.706 bits per heavy atom. The maximum atomic E-state index is 4.94. The minimum atomic E-state index is 0.608. The summed E-state index contributed by atoms with van der Waals surface area (Å²) in [7, 11) is 0. The van der Waals surface area contributed by atoms with Gasteiger partial charge in [-0.05, 0) is 82.0 Å². The standard InChI is InChI=1S/C32H26N2/c1-3-20-16-24(20)27-18-29-32-28(33-19(2)34-29)15-14-23-25(21-10-6-4-7-11-21)17-26(30(27)31(23)32)22-12-8-5-9-13-22/h4-15,17-18,20,24H,3,16H2,1-2H3. The monoisotopic (exact) mass is 438 g/mol. The molecule has 6 aromatic rings. The van der Waals surface area contributed by atoms with Crippen molar-refractivity contribution in [2.75, 3.05) is 0 Å². The molecule has 5 aromatic carbocycles. The number of aromatic nitrogens is 2. The Bertz CT molecular complexity index is 1670. The van der Waals surface area contributed by atoms with Crippen LogP contribution in [0.1, 0.15) is 37.1 Å². The van der Waals surface area contributed by atoms with Crippen molar-refractivity contribution >= 4 is 32.6 Å². The van der Waals surface area contributed by atoms with Crippen molar-refractivity contribution in [3.05, 3.63) is 96.3 Å². The van der Waals surface area contributed by atoms with E-state index in [0.717, 1.165) is 22.8 Å². The van der Waals surface area contributed by atoms with E-state index >= 15 is 0 Å². The molecule has 0 N–H and O–H groups in total. The van der Waals surface area contributed by atoms with Crippen molar-refractivity contribution in [2.45, 2.75) is 32.6 Å². The van der Waals surface area contributed by atoms with Crippen LogP contribution in [-0.4, -0.2) is 9.97 Å². The molecule has 0 spiro atoms. The SMILES string of the molecule is CCC1CC1c1cc2nc(C)nc3ccc4c(-c5ccccc5)cc(-c5ccccc5)c1c4c32. The second kappa shape index (κ2) is 7.36. The second-order valence-corrected chi connectivity index (χ2v) is 9.73. The van der Waals surface area contributed by atoms with Crippen molar-refractivity contribution in [3.8, 4) is 22.3 Å². The van der Waals surface area contributed by atoms with Crippen LogP contribution in [0.5, 0.6) is 0 Å². The molecule has 0 saturated heterocycles. The van der Waals surface area contributed by atoms with Crippen LogP contribution in [0.25, 0.3) is 54.8 Å². The van der Waals surface area contributed by atoms with E-state index in [9.17, 15) is 0 Å². The van der Waals surface area contributed by atoms with Crippen LogP contribution < -0.4 is 0 Å². The summed E-state index contributed by atoms with van der Waals surface area (Å²) < 4.78 is 0. The summed E-state index contributed by atoms with van der Waals surface area (Å²) in [4.78, 5) is 9.79. The minimum Gasteiger partial charge on any atom is -0.233 e. The molecule has 1 aliphatic carbocycles. The highest BCUT2D eigenvalue weighted by atomic mass is 14.9. The first-order valence-electron chi connectivity index (χ1n) is 12.3. The molecule has 1 aliphatic rings. The molecule has 0 amide bonds. The summed E-state index contributed by atoms with van der Waals surface area (Å²) in [6.07, 6.45) is 2.50. The number of nitrogens with zero attached hydrogens (tertiary/aromatic N) is 2. The lowest BCUT2D eigenvalue weighted by atomic mass is 9.84. The summed E-state index contributed by atoms with van der Waals surface area (Å²) in [5, 5.41) is 5.21. The van der Waals surface area contributed by atoms with E-state index in [1.165, 1.54) is 62.2 Å². The Kier molecular flexibility index (Phi) is 4.26. The van der Waals surface area contributed by atoms with E-state index in [2.05, 4.69) is 91.9 Å². The highest BCUT2D eigenvalue weighted by Crippen LogP contribution is 2.55. The number of benzene rings is 5. The molecule has 1 saturated carbocycles. The van der Waals surface area contributed by atoms with E-state index in [1.807, 2.05) is 6.92 Å². The molecule has 2 heteroatoms. The first-order chi connectivity index (χ1) is 16.7.